The molecular formula is C29H24N2O2S2. The van der Waals surface area contributed by atoms with E-state index in [9.17, 15) is 4.79 Å². The second-order valence-electron chi connectivity index (χ2n) is 8.16. The molecule has 1 aliphatic heterocycles. The van der Waals surface area contributed by atoms with Gasteiger partial charge in [-0.25, -0.2) is 0 Å². The molecule has 174 valence electrons. The van der Waals surface area contributed by atoms with E-state index in [1.807, 2.05) is 49.4 Å². The Hall–Kier alpha value is -3.61. The van der Waals surface area contributed by atoms with Gasteiger partial charge in [-0.05, 0) is 60.9 Å². The van der Waals surface area contributed by atoms with Gasteiger partial charge >= 0.3 is 0 Å². The fourth-order valence-corrected chi connectivity index (χ4v) is 5.24. The number of rotatable bonds is 7. The van der Waals surface area contributed by atoms with Crippen LogP contribution in [0.5, 0.6) is 0 Å². The molecule has 1 saturated heterocycles. The van der Waals surface area contributed by atoms with Crippen molar-refractivity contribution in [3.63, 3.8) is 0 Å². The van der Waals surface area contributed by atoms with E-state index >= 15 is 0 Å². The second kappa shape index (κ2) is 10.3. The zero-order chi connectivity index (χ0) is 24.2. The molecule has 5 rings (SSSR count). The number of anilines is 2. The molecule has 6 heteroatoms. The van der Waals surface area contributed by atoms with Crippen molar-refractivity contribution in [2.75, 3.05) is 16.8 Å². The summed E-state index contributed by atoms with van der Waals surface area (Å²) in [6, 6.07) is 30.3. The fourth-order valence-electron chi connectivity index (χ4n) is 3.96. The Morgan fingerprint density at radius 1 is 0.914 bits per heavy atom. The van der Waals surface area contributed by atoms with Crippen LogP contribution in [0.3, 0.4) is 0 Å². The van der Waals surface area contributed by atoms with Crippen molar-refractivity contribution in [2.45, 2.75) is 13.3 Å². The molecular weight excluding hydrogens is 472 g/mol. The van der Waals surface area contributed by atoms with Crippen molar-refractivity contribution in [1.82, 2.24) is 0 Å². The lowest BCUT2D eigenvalue weighted by Crippen LogP contribution is -2.27. The molecule has 1 N–H and O–H groups in total. The smallest absolute Gasteiger partial charge is 0.270 e. The number of hydrogen-bond acceptors (Lipinski definition) is 5. The van der Waals surface area contributed by atoms with Gasteiger partial charge in [0.2, 0.25) is 0 Å². The predicted octanol–water partition coefficient (Wildman–Crippen LogP) is 7.38. The maximum atomic E-state index is 13.1. The number of nitrogens with one attached hydrogen (secondary N) is 1. The fraction of sp³-hybridized carbons (Fsp3) is 0.103. The molecule has 4 nitrogen and oxygen atoms in total. The summed E-state index contributed by atoms with van der Waals surface area (Å²) >= 11 is 6.79. The number of hydrogen-bond donors (Lipinski definition) is 1. The lowest BCUT2D eigenvalue weighted by Gasteiger charge is -2.15. The first-order chi connectivity index (χ1) is 17.1. The highest BCUT2D eigenvalue weighted by molar-refractivity contribution is 8.27. The zero-order valence-corrected chi connectivity index (χ0v) is 20.9. The molecule has 0 saturated carbocycles. The number of benzene rings is 3. The van der Waals surface area contributed by atoms with Crippen molar-refractivity contribution in [1.29, 1.82) is 0 Å². The van der Waals surface area contributed by atoms with E-state index < -0.39 is 0 Å². The number of carbonyl (C=O) groups excluding carboxylic acids is 1. The summed E-state index contributed by atoms with van der Waals surface area (Å²) < 4.78 is 6.56. The quantitative estimate of drug-likeness (QED) is 0.214. The molecule has 3 aromatic carbocycles. The molecule has 0 radical (unpaired) electrons. The molecule has 0 unspecified atom stereocenters. The molecule has 1 aliphatic rings. The van der Waals surface area contributed by atoms with Gasteiger partial charge in [0.25, 0.3) is 5.91 Å². The molecule has 0 spiro atoms. The number of thiocarbonyl (C=S) groups is 1. The van der Waals surface area contributed by atoms with Crippen LogP contribution in [0.1, 0.15) is 23.8 Å². The van der Waals surface area contributed by atoms with Gasteiger partial charge in [0.1, 0.15) is 11.5 Å². The van der Waals surface area contributed by atoms with E-state index in [2.05, 4.69) is 53.8 Å². The average molecular weight is 497 g/mol. The van der Waals surface area contributed by atoms with E-state index in [4.69, 9.17) is 16.6 Å². The Kier molecular flexibility index (Phi) is 6.84. The van der Waals surface area contributed by atoms with E-state index in [1.54, 1.807) is 11.0 Å². The van der Waals surface area contributed by atoms with Crippen molar-refractivity contribution in [2.24, 2.45) is 0 Å². The maximum absolute atomic E-state index is 13.1. The van der Waals surface area contributed by atoms with Crippen LogP contribution < -0.4 is 10.2 Å². The van der Waals surface area contributed by atoms with Gasteiger partial charge in [-0.1, -0.05) is 78.6 Å². The highest BCUT2D eigenvalue weighted by atomic mass is 32.2. The molecule has 4 aromatic rings. The molecule has 1 aromatic heterocycles. The van der Waals surface area contributed by atoms with E-state index in [1.165, 1.54) is 22.9 Å². The van der Waals surface area contributed by atoms with Crippen molar-refractivity contribution >= 4 is 51.7 Å². The number of carbonyl (C=O) groups is 1. The molecule has 1 amide bonds. The monoisotopic (exact) mass is 496 g/mol. The van der Waals surface area contributed by atoms with Gasteiger partial charge in [0, 0.05) is 23.9 Å². The largest absolute Gasteiger partial charge is 0.457 e. The molecule has 2 heterocycles. The molecule has 0 aliphatic carbocycles. The number of nitrogens with zero attached hydrogens (tertiary/aromatic N) is 1. The van der Waals surface area contributed by atoms with E-state index in [0.717, 1.165) is 35.7 Å². The Balaban J connectivity index is 1.30. The third kappa shape index (κ3) is 5.24. The summed E-state index contributed by atoms with van der Waals surface area (Å²) in [5.74, 6) is 1.24. The normalized spacial score (nSPS) is 14.7. The standard InChI is InChI=1S/C29H24N2O2S2/c1-2-30-23-12-14-24(15-13-23)31-28(32)27(35-29(31)34)19-25-16-17-26(33-25)22-10-8-21(9-11-22)18-20-6-4-3-5-7-20/h3-17,19,30H,2,18H2,1H3/b27-19-. The summed E-state index contributed by atoms with van der Waals surface area (Å²) in [5.41, 5.74) is 5.29. The Bertz CT molecular complexity index is 1370. The zero-order valence-electron chi connectivity index (χ0n) is 19.2. The molecule has 0 atom stereocenters. The van der Waals surface area contributed by atoms with Crippen LogP contribution in [0.2, 0.25) is 0 Å². The molecule has 0 bridgehead atoms. The van der Waals surface area contributed by atoms with Gasteiger partial charge in [-0.2, -0.15) is 0 Å². The van der Waals surface area contributed by atoms with Crippen molar-refractivity contribution < 1.29 is 9.21 Å². The third-order valence-electron chi connectivity index (χ3n) is 5.69. The Morgan fingerprint density at radius 3 is 2.34 bits per heavy atom. The van der Waals surface area contributed by atoms with Gasteiger partial charge < -0.3 is 9.73 Å². The van der Waals surface area contributed by atoms with Crippen LogP contribution in [0, 0.1) is 0 Å². The Morgan fingerprint density at radius 2 is 1.63 bits per heavy atom. The molecule has 35 heavy (non-hydrogen) atoms. The van der Waals surface area contributed by atoms with Crippen LogP contribution in [-0.2, 0) is 11.2 Å². The van der Waals surface area contributed by atoms with Gasteiger partial charge in [0.05, 0.1) is 10.6 Å². The summed E-state index contributed by atoms with van der Waals surface area (Å²) in [6.07, 6.45) is 2.66. The summed E-state index contributed by atoms with van der Waals surface area (Å²) in [5, 5.41) is 3.25. The van der Waals surface area contributed by atoms with Crippen LogP contribution in [0.25, 0.3) is 17.4 Å². The van der Waals surface area contributed by atoms with E-state index in [0.29, 0.717) is 15.0 Å². The highest BCUT2D eigenvalue weighted by Crippen LogP contribution is 2.37. The summed E-state index contributed by atoms with van der Waals surface area (Å²) in [4.78, 5) is 15.2. The second-order valence-corrected chi connectivity index (χ2v) is 9.83. The van der Waals surface area contributed by atoms with Gasteiger partial charge in [-0.15, -0.1) is 0 Å². The molecule has 1 fully saturated rings. The van der Waals surface area contributed by atoms with E-state index in [-0.39, 0.29) is 5.91 Å². The first-order valence-electron chi connectivity index (χ1n) is 11.5. The highest BCUT2D eigenvalue weighted by Gasteiger charge is 2.33. The first kappa shape index (κ1) is 23.1. The van der Waals surface area contributed by atoms with Crippen LogP contribution in [-0.4, -0.2) is 16.8 Å². The topological polar surface area (TPSA) is 45.5 Å². The minimum atomic E-state index is -0.139. The predicted molar refractivity (Wildman–Crippen MR) is 150 cm³/mol. The minimum absolute atomic E-state index is 0.139. The van der Waals surface area contributed by atoms with Crippen LogP contribution in [0.4, 0.5) is 11.4 Å². The lowest BCUT2D eigenvalue weighted by atomic mass is 10.0. The van der Waals surface area contributed by atoms with Gasteiger partial charge in [-0.3, -0.25) is 9.69 Å². The minimum Gasteiger partial charge on any atom is -0.457 e. The lowest BCUT2D eigenvalue weighted by molar-refractivity contribution is -0.113. The van der Waals surface area contributed by atoms with Crippen molar-refractivity contribution in [3.8, 4) is 11.3 Å². The summed E-state index contributed by atoms with van der Waals surface area (Å²) in [6.45, 7) is 2.88. The first-order valence-corrected chi connectivity index (χ1v) is 12.7. The van der Waals surface area contributed by atoms with Crippen molar-refractivity contribution in [3.05, 3.63) is 113 Å². The van der Waals surface area contributed by atoms with Crippen LogP contribution >= 0.6 is 24.0 Å². The van der Waals surface area contributed by atoms with Crippen LogP contribution in [0.15, 0.2) is 100 Å². The Labute approximate surface area is 214 Å². The number of amides is 1. The third-order valence-corrected chi connectivity index (χ3v) is 6.99. The summed E-state index contributed by atoms with van der Waals surface area (Å²) in [7, 11) is 0. The van der Waals surface area contributed by atoms with Gasteiger partial charge in [0.15, 0.2) is 4.32 Å². The number of thioether (sulfide) groups is 1. The average Bonchev–Trinajstić information content (AvgIpc) is 3.45. The maximum Gasteiger partial charge on any atom is 0.270 e. The number of furan rings is 1. The SMILES string of the molecule is CCNc1ccc(N2C(=O)/C(=C/c3ccc(-c4ccc(Cc5ccccc5)cc4)o3)SC2=S)cc1.